The van der Waals surface area contributed by atoms with Gasteiger partial charge in [0.15, 0.2) is 0 Å². The summed E-state index contributed by atoms with van der Waals surface area (Å²) in [6, 6.07) is 0. The highest BCUT2D eigenvalue weighted by Gasteiger charge is 2.56. The van der Waals surface area contributed by atoms with E-state index in [9.17, 15) is 0 Å². The van der Waals surface area contributed by atoms with Crippen molar-refractivity contribution in [2.75, 3.05) is 0 Å². The van der Waals surface area contributed by atoms with Crippen LogP contribution in [0.5, 0.6) is 0 Å². The molecule has 6 nitrogen and oxygen atoms in total. The number of hydrogen-bond donors (Lipinski definition) is 0. The molecule has 0 amide bonds. The largest absolute Gasteiger partial charge is 0.490 e. The first-order chi connectivity index (χ1) is 17.6. The van der Waals surface area contributed by atoms with E-state index in [2.05, 4.69) is 117 Å². The average Bonchev–Trinajstić information content (AvgIpc) is 3.24. The molecule has 3 fully saturated rings. The van der Waals surface area contributed by atoms with Gasteiger partial charge in [-0.25, -0.2) is 0 Å². The van der Waals surface area contributed by atoms with Crippen molar-refractivity contribution in [3.05, 3.63) is 22.5 Å². The van der Waals surface area contributed by atoms with Crippen LogP contribution < -0.4 is 0 Å². The van der Waals surface area contributed by atoms with Gasteiger partial charge in [-0.3, -0.25) is 0 Å². The first-order valence-electron chi connectivity index (χ1n) is 15.1. The zero-order chi connectivity index (χ0) is 30.2. The van der Waals surface area contributed by atoms with Crippen molar-refractivity contribution in [3.63, 3.8) is 0 Å². The molecule has 3 aliphatic rings. The van der Waals surface area contributed by atoms with Gasteiger partial charge in [0.1, 0.15) is 0 Å². The Kier molecular flexibility index (Phi) is 10.6. The van der Waals surface area contributed by atoms with Crippen LogP contribution in [0.1, 0.15) is 136 Å². The Morgan fingerprint density at radius 1 is 0.436 bits per heavy atom. The predicted octanol–water partition coefficient (Wildman–Crippen LogP) is 7.73. The summed E-state index contributed by atoms with van der Waals surface area (Å²) >= 11 is 0. The summed E-state index contributed by atoms with van der Waals surface area (Å²) in [4.78, 5) is 0. The Bertz CT molecular complexity index is 826. The van der Waals surface area contributed by atoms with E-state index in [1.807, 2.05) is 0 Å². The van der Waals surface area contributed by atoms with Crippen LogP contribution in [0.4, 0.5) is 0 Å². The topological polar surface area (TPSA) is 55.4 Å². The van der Waals surface area contributed by atoms with Gasteiger partial charge in [-0.2, -0.15) is 0 Å². The Balaban J connectivity index is 0.000000306. The van der Waals surface area contributed by atoms with E-state index in [4.69, 9.17) is 27.9 Å². The van der Waals surface area contributed by atoms with E-state index in [0.717, 1.165) is 36.6 Å². The third-order valence-electron chi connectivity index (χ3n) is 9.68. The molecule has 3 aliphatic heterocycles. The summed E-state index contributed by atoms with van der Waals surface area (Å²) in [6.45, 7) is 33.6. The Morgan fingerprint density at radius 3 is 0.897 bits per heavy atom. The minimum absolute atomic E-state index is 0.153. The molecule has 39 heavy (non-hydrogen) atoms. The van der Waals surface area contributed by atoms with Gasteiger partial charge in [-0.15, -0.1) is 0 Å². The molecule has 3 rings (SSSR count). The molecule has 9 heteroatoms. The Morgan fingerprint density at radius 2 is 0.692 bits per heavy atom. The highest BCUT2D eigenvalue weighted by atomic mass is 16.7. The van der Waals surface area contributed by atoms with Crippen LogP contribution >= 0.6 is 0 Å². The lowest BCUT2D eigenvalue weighted by molar-refractivity contribution is 0.00578. The van der Waals surface area contributed by atoms with E-state index in [0.29, 0.717) is 0 Å². The highest BCUT2D eigenvalue weighted by Crippen LogP contribution is 2.43. The molecule has 0 spiro atoms. The monoisotopic (exact) mass is 546 g/mol. The molecular weight excluding hydrogens is 489 g/mol. The normalized spacial score (nSPS) is 26.9. The van der Waals surface area contributed by atoms with E-state index >= 15 is 0 Å². The zero-order valence-corrected chi connectivity index (χ0v) is 28.1. The van der Waals surface area contributed by atoms with Crippen molar-refractivity contribution in [3.8, 4) is 0 Å². The van der Waals surface area contributed by atoms with Crippen LogP contribution in [-0.2, 0) is 27.9 Å². The fraction of sp³-hybridized carbons (Fsp3) is 0.867. The van der Waals surface area contributed by atoms with Gasteiger partial charge in [-0.1, -0.05) is 33.8 Å². The van der Waals surface area contributed by atoms with E-state index < -0.39 is 0 Å². The predicted molar refractivity (Wildman–Crippen MR) is 165 cm³/mol. The second-order valence-electron chi connectivity index (χ2n) is 14.1. The first-order valence-corrected chi connectivity index (χ1v) is 15.1. The molecule has 0 radical (unpaired) electrons. The van der Waals surface area contributed by atoms with Crippen LogP contribution in [0.15, 0.2) is 22.5 Å². The third-order valence-corrected chi connectivity index (χ3v) is 9.68. The van der Waals surface area contributed by atoms with E-state index in [-0.39, 0.29) is 55.0 Å². The molecule has 3 saturated heterocycles. The summed E-state index contributed by atoms with van der Waals surface area (Å²) in [5.41, 5.74) is 1.75. The SMILES string of the molecule is CC/C(B1OC(C)(C)C(C)(C)O1)=C(\CC)B1OC(C)(C)C(C)(C)O1.CC/C=C(\CC)B1OC(C)(C)C(C)(C)O1. The molecular formula is C30H57B3O6. The van der Waals surface area contributed by atoms with Crippen LogP contribution in [0, 0.1) is 0 Å². The average molecular weight is 546 g/mol. The lowest BCUT2D eigenvalue weighted by atomic mass is 9.63. The van der Waals surface area contributed by atoms with Crippen LogP contribution in [0.2, 0.25) is 0 Å². The molecule has 0 N–H and O–H groups in total. The number of hydrogen-bond acceptors (Lipinski definition) is 6. The summed E-state index contributed by atoms with van der Waals surface area (Å²) in [6.07, 6.45) is 5.94. The van der Waals surface area contributed by atoms with Crippen molar-refractivity contribution < 1.29 is 27.9 Å². The summed E-state index contributed by atoms with van der Waals surface area (Å²) < 4.78 is 37.0. The Hall–Kier alpha value is -0.565. The van der Waals surface area contributed by atoms with E-state index in [1.165, 1.54) is 5.47 Å². The second-order valence-corrected chi connectivity index (χ2v) is 14.1. The molecule has 0 aromatic heterocycles. The molecule has 0 saturated carbocycles. The fourth-order valence-corrected chi connectivity index (χ4v) is 4.72. The second kappa shape index (κ2) is 12.0. The molecule has 0 bridgehead atoms. The van der Waals surface area contributed by atoms with Crippen LogP contribution in [-0.4, -0.2) is 55.0 Å². The van der Waals surface area contributed by atoms with Crippen molar-refractivity contribution in [1.29, 1.82) is 0 Å². The maximum Gasteiger partial charge on any atom is 0.490 e. The van der Waals surface area contributed by atoms with Gasteiger partial charge in [-0.05, 0) is 125 Å². The zero-order valence-electron chi connectivity index (χ0n) is 28.1. The van der Waals surface area contributed by atoms with Crippen molar-refractivity contribution in [1.82, 2.24) is 0 Å². The maximum absolute atomic E-state index is 6.27. The molecule has 3 heterocycles. The molecule has 0 aromatic rings. The highest BCUT2D eigenvalue weighted by molar-refractivity contribution is 6.62. The van der Waals surface area contributed by atoms with Gasteiger partial charge >= 0.3 is 21.4 Å². The smallest absolute Gasteiger partial charge is 0.400 e. The summed E-state index contributed by atoms with van der Waals surface area (Å²) in [7, 11) is -0.831. The van der Waals surface area contributed by atoms with Gasteiger partial charge < -0.3 is 27.9 Å². The fourth-order valence-electron chi connectivity index (χ4n) is 4.72. The van der Waals surface area contributed by atoms with Crippen molar-refractivity contribution in [2.24, 2.45) is 0 Å². The molecule has 0 aliphatic carbocycles. The number of allylic oxidation sites excluding steroid dienone is 4. The first kappa shape index (κ1) is 34.6. The van der Waals surface area contributed by atoms with Gasteiger partial charge in [0.2, 0.25) is 0 Å². The molecule has 0 aromatic carbocycles. The number of rotatable bonds is 7. The lowest BCUT2D eigenvalue weighted by Gasteiger charge is -2.32. The Labute approximate surface area is 241 Å². The molecule has 0 unspecified atom stereocenters. The molecule has 222 valence electrons. The van der Waals surface area contributed by atoms with Gasteiger partial charge in [0.05, 0.1) is 33.6 Å². The quantitative estimate of drug-likeness (QED) is 0.305. The standard InChI is InChI=1S/C18H34B2O4.C12H23BO2/c1-11-13(19-21-15(3,4)16(5,6)22-19)14(12-2)20-23-17(7,8)18(9,10)24-20;1-7-9-10(8-2)13-14-11(3,4)12(5,6)15-13/h11-12H2,1-10H3;9H,7-8H2,1-6H3/b14-13-;10-9+. The minimum atomic E-state index is -0.340. The van der Waals surface area contributed by atoms with Crippen LogP contribution in [0.3, 0.4) is 0 Å². The summed E-state index contributed by atoms with van der Waals surface area (Å²) in [5, 5.41) is 0. The lowest BCUT2D eigenvalue weighted by Crippen LogP contribution is -2.41. The van der Waals surface area contributed by atoms with Crippen molar-refractivity contribution >= 4 is 21.4 Å². The molecule has 0 atom stereocenters. The van der Waals surface area contributed by atoms with E-state index in [1.54, 1.807) is 0 Å². The van der Waals surface area contributed by atoms with Gasteiger partial charge in [0.25, 0.3) is 0 Å². The maximum atomic E-state index is 6.27. The van der Waals surface area contributed by atoms with Crippen molar-refractivity contribution in [2.45, 2.75) is 170 Å². The van der Waals surface area contributed by atoms with Gasteiger partial charge in [0, 0.05) is 0 Å². The minimum Gasteiger partial charge on any atom is -0.400 e. The third kappa shape index (κ3) is 7.09. The van der Waals surface area contributed by atoms with Crippen LogP contribution in [0.25, 0.3) is 0 Å². The summed E-state index contributed by atoms with van der Waals surface area (Å²) in [5.74, 6) is 0.